The van der Waals surface area contributed by atoms with Crippen LogP contribution in [0, 0.1) is 17.3 Å². The van der Waals surface area contributed by atoms with E-state index in [1.807, 2.05) is 41.7 Å². The summed E-state index contributed by atoms with van der Waals surface area (Å²) in [5.74, 6) is -0.0807. The van der Waals surface area contributed by atoms with Gasteiger partial charge in [-0.3, -0.25) is 14.5 Å². The van der Waals surface area contributed by atoms with Gasteiger partial charge in [0, 0.05) is 12.6 Å². The first-order valence-corrected chi connectivity index (χ1v) is 11.8. The molecule has 2 amide bonds. The van der Waals surface area contributed by atoms with Crippen molar-refractivity contribution in [3.8, 4) is 0 Å². The fourth-order valence-corrected chi connectivity index (χ4v) is 4.12. The summed E-state index contributed by atoms with van der Waals surface area (Å²) in [6.07, 6.45) is 3.66. The molecule has 1 aliphatic heterocycles. The molecule has 0 saturated carbocycles. The van der Waals surface area contributed by atoms with Crippen molar-refractivity contribution in [2.45, 2.75) is 86.4 Å². The minimum atomic E-state index is -0.678. The summed E-state index contributed by atoms with van der Waals surface area (Å²) in [7, 11) is 3.70. The number of carbonyl (C=O) groups is 3. The molecule has 0 aliphatic carbocycles. The summed E-state index contributed by atoms with van der Waals surface area (Å²) in [5, 5.41) is 3.06. The Balaban J connectivity index is 3.12. The zero-order valence-corrected chi connectivity index (χ0v) is 21.8. The number of hydrogen-bond donors (Lipinski definition) is 1. The zero-order chi connectivity index (χ0) is 24.8. The first kappa shape index (κ1) is 28.1. The Labute approximate surface area is 194 Å². The average Bonchev–Trinajstić information content (AvgIpc) is 2.69. The van der Waals surface area contributed by atoms with Gasteiger partial charge in [0.1, 0.15) is 6.04 Å². The first-order chi connectivity index (χ1) is 14.7. The van der Waals surface area contributed by atoms with Gasteiger partial charge in [-0.2, -0.15) is 0 Å². The smallest absolute Gasteiger partial charge is 0.333 e. The second-order valence-corrected chi connectivity index (χ2v) is 10.7. The van der Waals surface area contributed by atoms with Gasteiger partial charge in [-0.1, -0.05) is 47.6 Å². The van der Waals surface area contributed by atoms with E-state index in [4.69, 9.17) is 4.74 Å². The van der Waals surface area contributed by atoms with Crippen molar-refractivity contribution in [1.29, 1.82) is 0 Å². The molecule has 1 rings (SSSR count). The summed E-state index contributed by atoms with van der Waals surface area (Å²) in [6, 6.07) is -1.21. The molecular formula is C25H45N3O4. The van der Waals surface area contributed by atoms with Crippen LogP contribution < -0.4 is 5.32 Å². The molecule has 32 heavy (non-hydrogen) atoms. The Bertz CT molecular complexity index is 696. The predicted octanol–water partition coefficient (Wildman–Crippen LogP) is 3.24. The molecule has 1 saturated heterocycles. The summed E-state index contributed by atoms with van der Waals surface area (Å²) in [6.45, 7) is 16.7. The highest BCUT2D eigenvalue weighted by atomic mass is 16.5. The summed E-state index contributed by atoms with van der Waals surface area (Å²) < 4.78 is 5.09. The van der Waals surface area contributed by atoms with Crippen LogP contribution in [0.15, 0.2) is 11.6 Å². The Kier molecular flexibility index (Phi) is 10.4. The van der Waals surface area contributed by atoms with Gasteiger partial charge in [-0.25, -0.2) is 4.79 Å². The van der Waals surface area contributed by atoms with E-state index in [0.29, 0.717) is 18.1 Å². The molecule has 4 atom stereocenters. The van der Waals surface area contributed by atoms with Gasteiger partial charge in [0.05, 0.1) is 18.7 Å². The third kappa shape index (κ3) is 7.61. The van der Waals surface area contributed by atoms with Crippen molar-refractivity contribution in [1.82, 2.24) is 15.1 Å². The monoisotopic (exact) mass is 451 g/mol. The average molecular weight is 452 g/mol. The molecule has 7 nitrogen and oxygen atoms in total. The van der Waals surface area contributed by atoms with Crippen molar-refractivity contribution in [2.24, 2.45) is 17.3 Å². The highest BCUT2D eigenvalue weighted by Gasteiger charge is 2.39. The number of ether oxygens (including phenoxy) is 1. The van der Waals surface area contributed by atoms with Crippen LogP contribution in [-0.2, 0) is 19.1 Å². The van der Waals surface area contributed by atoms with Crippen LogP contribution in [0.1, 0.15) is 68.2 Å². The van der Waals surface area contributed by atoms with Gasteiger partial charge in [-0.15, -0.1) is 0 Å². The lowest BCUT2D eigenvalue weighted by Gasteiger charge is -2.40. The Hall–Kier alpha value is -1.89. The summed E-state index contributed by atoms with van der Waals surface area (Å²) >= 11 is 0. The molecule has 0 aromatic rings. The van der Waals surface area contributed by atoms with E-state index in [1.54, 1.807) is 31.9 Å². The van der Waals surface area contributed by atoms with E-state index in [2.05, 4.69) is 17.1 Å². The molecule has 0 radical (unpaired) electrons. The maximum Gasteiger partial charge on any atom is 0.333 e. The third-order valence-electron chi connectivity index (χ3n) is 6.33. The number of piperidine rings is 1. The molecule has 0 spiro atoms. The van der Waals surface area contributed by atoms with Gasteiger partial charge in [0.15, 0.2) is 0 Å². The molecule has 1 fully saturated rings. The number of likely N-dealkylation sites (N-methyl/N-ethyl adjacent to an activating group) is 2. The maximum atomic E-state index is 13.6. The van der Waals surface area contributed by atoms with Crippen LogP contribution in [0.4, 0.5) is 0 Å². The van der Waals surface area contributed by atoms with Crippen molar-refractivity contribution in [2.75, 3.05) is 27.2 Å². The number of rotatable bonds is 8. The van der Waals surface area contributed by atoms with Gasteiger partial charge in [0.2, 0.25) is 11.8 Å². The van der Waals surface area contributed by atoms with Crippen molar-refractivity contribution >= 4 is 17.8 Å². The molecule has 0 unspecified atom stereocenters. The quantitative estimate of drug-likeness (QED) is 0.453. The SMILES string of the molecule is CCOC(=O)C(C)=C[C@H](C(C)C)N(C)C(=O)[C@@H](NC(=O)[C@H]1C[C@@H](C)CCN1C)C(C)(C)C. The van der Waals surface area contributed by atoms with Crippen LogP contribution in [0.2, 0.25) is 0 Å². The molecule has 0 bridgehead atoms. The zero-order valence-electron chi connectivity index (χ0n) is 21.8. The Morgan fingerprint density at radius 3 is 2.34 bits per heavy atom. The summed E-state index contributed by atoms with van der Waals surface area (Å²) in [5.41, 5.74) is 0.000687. The minimum Gasteiger partial charge on any atom is -0.463 e. The topological polar surface area (TPSA) is 79.0 Å². The van der Waals surface area contributed by atoms with Crippen LogP contribution in [-0.4, -0.2) is 73.0 Å². The summed E-state index contributed by atoms with van der Waals surface area (Å²) in [4.78, 5) is 42.6. The number of esters is 1. The lowest BCUT2D eigenvalue weighted by atomic mass is 9.84. The van der Waals surface area contributed by atoms with Gasteiger partial charge < -0.3 is 15.0 Å². The lowest BCUT2D eigenvalue weighted by molar-refractivity contribution is -0.142. The number of nitrogens with one attached hydrogen (secondary N) is 1. The molecule has 1 aliphatic rings. The number of carbonyl (C=O) groups excluding carboxylic acids is 3. The molecule has 7 heteroatoms. The van der Waals surface area contributed by atoms with Crippen molar-refractivity contribution in [3.05, 3.63) is 11.6 Å². The van der Waals surface area contributed by atoms with E-state index in [1.165, 1.54) is 0 Å². The van der Waals surface area contributed by atoms with Gasteiger partial charge in [0.25, 0.3) is 0 Å². The number of nitrogens with zero attached hydrogens (tertiary/aromatic N) is 2. The van der Waals surface area contributed by atoms with Crippen LogP contribution in [0.25, 0.3) is 0 Å². The van der Waals surface area contributed by atoms with Crippen molar-refractivity contribution < 1.29 is 19.1 Å². The fourth-order valence-electron chi connectivity index (χ4n) is 4.12. The normalized spacial score (nSPS) is 22.3. The minimum absolute atomic E-state index is 0.0787. The van der Waals surface area contributed by atoms with E-state index in [-0.39, 0.29) is 35.8 Å². The Morgan fingerprint density at radius 2 is 1.84 bits per heavy atom. The van der Waals surface area contributed by atoms with Crippen LogP contribution in [0.3, 0.4) is 0 Å². The second kappa shape index (κ2) is 11.8. The largest absolute Gasteiger partial charge is 0.463 e. The first-order valence-electron chi connectivity index (χ1n) is 11.8. The van der Waals surface area contributed by atoms with Crippen LogP contribution >= 0.6 is 0 Å². The Morgan fingerprint density at radius 1 is 1.25 bits per heavy atom. The highest BCUT2D eigenvalue weighted by Crippen LogP contribution is 2.26. The number of likely N-dealkylation sites (tertiary alicyclic amines) is 1. The van der Waals surface area contributed by atoms with Crippen molar-refractivity contribution in [3.63, 3.8) is 0 Å². The standard InChI is InChI=1S/C25H45N3O4/c1-11-32-24(31)18(5)15-19(16(2)3)28(10)23(30)21(25(6,7)8)26-22(29)20-14-17(4)12-13-27(20)9/h15-17,19-21H,11-14H2,1-10H3,(H,26,29)/t17-,19+,20+,21+/m0/s1. The van der Waals surface area contributed by atoms with Crippen LogP contribution in [0.5, 0.6) is 0 Å². The second-order valence-electron chi connectivity index (χ2n) is 10.7. The van der Waals surface area contributed by atoms with E-state index in [0.717, 1.165) is 19.4 Å². The van der Waals surface area contributed by atoms with E-state index in [9.17, 15) is 14.4 Å². The number of amides is 2. The van der Waals surface area contributed by atoms with E-state index < -0.39 is 11.5 Å². The van der Waals surface area contributed by atoms with Gasteiger partial charge >= 0.3 is 5.97 Å². The molecular weight excluding hydrogens is 406 g/mol. The lowest BCUT2D eigenvalue weighted by Crippen LogP contribution is -2.60. The molecule has 184 valence electrons. The highest BCUT2D eigenvalue weighted by molar-refractivity contribution is 5.91. The fraction of sp³-hybridized carbons (Fsp3) is 0.800. The molecule has 0 aromatic carbocycles. The molecule has 0 aromatic heterocycles. The molecule has 1 N–H and O–H groups in total. The van der Waals surface area contributed by atoms with E-state index >= 15 is 0 Å². The predicted molar refractivity (Wildman–Crippen MR) is 128 cm³/mol. The maximum absolute atomic E-state index is 13.6. The molecule has 1 heterocycles. The number of hydrogen-bond acceptors (Lipinski definition) is 5. The third-order valence-corrected chi connectivity index (χ3v) is 6.33. The van der Waals surface area contributed by atoms with Gasteiger partial charge in [-0.05, 0) is 57.5 Å².